The molecule has 0 aromatic rings. The summed E-state index contributed by atoms with van der Waals surface area (Å²) in [7, 11) is 2.95. The number of amides is 1. The van der Waals surface area contributed by atoms with Crippen LogP contribution in [0, 0.1) is 0 Å². The number of carbonyl (C=O) groups is 1. The third-order valence-corrected chi connectivity index (χ3v) is 2.94. The quantitative estimate of drug-likeness (QED) is 0.647. The molecule has 20 heavy (non-hydrogen) atoms. The molecule has 1 atom stereocenters. The maximum atomic E-state index is 9.70. The summed E-state index contributed by atoms with van der Waals surface area (Å²) in [5.41, 5.74) is 6.37. The van der Waals surface area contributed by atoms with E-state index in [1.54, 1.807) is 12.3 Å². The van der Waals surface area contributed by atoms with E-state index in [-0.39, 0.29) is 5.84 Å². The Balaban J connectivity index is 0.000000286. The number of hydrogen-bond donors (Lipinski definition) is 3. The first-order chi connectivity index (χ1) is 9.41. The summed E-state index contributed by atoms with van der Waals surface area (Å²) in [6.45, 7) is 2.14. The van der Waals surface area contributed by atoms with Gasteiger partial charge in [-0.1, -0.05) is 0 Å². The lowest BCUT2D eigenvalue weighted by Gasteiger charge is -2.18. The number of rotatable bonds is 1. The van der Waals surface area contributed by atoms with Gasteiger partial charge in [0.25, 0.3) is 0 Å². The molecule has 2 aliphatic rings. The molecule has 4 N–H and O–H groups in total. The number of amidine groups is 1. The van der Waals surface area contributed by atoms with Crippen LogP contribution in [0.25, 0.3) is 0 Å². The van der Waals surface area contributed by atoms with E-state index in [2.05, 4.69) is 9.89 Å². The third kappa shape index (κ3) is 4.93. The second kappa shape index (κ2) is 7.54. The molecule has 0 bridgehead atoms. The Morgan fingerprint density at radius 1 is 1.50 bits per heavy atom. The summed E-state index contributed by atoms with van der Waals surface area (Å²) in [5.74, 6) is 0.276. The van der Waals surface area contributed by atoms with Crippen molar-refractivity contribution in [2.24, 2.45) is 10.7 Å². The lowest BCUT2D eigenvalue weighted by atomic mass is 10.1. The highest BCUT2D eigenvalue weighted by Gasteiger charge is 2.17. The fraction of sp³-hybridized carbons (Fsp3) is 0.538. The van der Waals surface area contributed by atoms with Crippen molar-refractivity contribution >= 4 is 11.9 Å². The topological polar surface area (TPSA) is 102 Å². The van der Waals surface area contributed by atoms with Crippen molar-refractivity contribution in [3.8, 4) is 0 Å². The van der Waals surface area contributed by atoms with Crippen LogP contribution in [0.1, 0.15) is 12.8 Å². The molecule has 0 aromatic heterocycles. The van der Waals surface area contributed by atoms with Crippen LogP contribution in [-0.2, 0) is 0 Å². The van der Waals surface area contributed by atoms with Crippen LogP contribution in [0.4, 0.5) is 4.79 Å². The summed E-state index contributed by atoms with van der Waals surface area (Å²) >= 11 is 0. The van der Waals surface area contributed by atoms with Crippen molar-refractivity contribution in [3.63, 3.8) is 0 Å². The lowest BCUT2D eigenvalue weighted by molar-refractivity contribution is 0.165. The maximum Gasteiger partial charge on any atom is 0.406 e. The van der Waals surface area contributed by atoms with Crippen molar-refractivity contribution < 1.29 is 15.0 Å². The van der Waals surface area contributed by atoms with E-state index in [1.165, 1.54) is 26.9 Å². The summed E-state index contributed by atoms with van der Waals surface area (Å²) in [5, 5.41) is 17.6. The highest BCUT2D eigenvalue weighted by molar-refractivity contribution is 5.89. The van der Waals surface area contributed by atoms with E-state index in [4.69, 9.17) is 10.8 Å². The van der Waals surface area contributed by atoms with Crippen LogP contribution in [0.15, 0.2) is 29.0 Å². The molecule has 2 aliphatic heterocycles. The Bertz CT molecular complexity index is 423. The monoisotopic (exact) mass is 282 g/mol. The molecule has 0 saturated carbocycles. The van der Waals surface area contributed by atoms with E-state index in [9.17, 15) is 9.90 Å². The number of aliphatic hydroxyl groups is 1. The first-order valence-corrected chi connectivity index (χ1v) is 6.45. The lowest BCUT2D eigenvalue weighted by Crippen LogP contribution is -2.32. The highest BCUT2D eigenvalue weighted by atomic mass is 16.4. The van der Waals surface area contributed by atoms with Crippen molar-refractivity contribution in [1.29, 1.82) is 0 Å². The number of aliphatic imine (C=N–C) groups is 1. The van der Waals surface area contributed by atoms with Gasteiger partial charge in [-0.15, -0.1) is 0 Å². The largest absolute Gasteiger partial charge is 0.465 e. The maximum absolute atomic E-state index is 9.70. The summed E-state index contributed by atoms with van der Waals surface area (Å²) in [6.07, 6.45) is 6.23. The number of likely N-dealkylation sites (tertiary alicyclic amines) is 1. The van der Waals surface area contributed by atoms with Gasteiger partial charge in [0.05, 0.1) is 0 Å². The van der Waals surface area contributed by atoms with Crippen LogP contribution in [0.2, 0.25) is 0 Å². The minimum Gasteiger partial charge on any atom is -0.465 e. The Morgan fingerprint density at radius 2 is 2.05 bits per heavy atom. The normalized spacial score (nSPS) is 23.1. The van der Waals surface area contributed by atoms with E-state index in [1.807, 2.05) is 6.20 Å². The van der Waals surface area contributed by atoms with E-state index in [0.29, 0.717) is 0 Å². The smallest absolute Gasteiger partial charge is 0.406 e. The molecule has 2 rings (SSSR count). The van der Waals surface area contributed by atoms with Crippen molar-refractivity contribution in [3.05, 3.63) is 24.0 Å². The van der Waals surface area contributed by atoms with Crippen LogP contribution < -0.4 is 5.73 Å². The average molecular weight is 282 g/mol. The van der Waals surface area contributed by atoms with Gasteiger partial charge < -0.3 is 25.7 Å². The van der Waals surface area contributed by atoms with Crippen molar-refractivity contribution in [2.45, 2.75) is 18.9 Å². The Kier molecular flexibility index (Phi) is 6.05. The second-order valence-corrected chi connectivity index (χ2v) is 4.82. The number of nitrogens with zero attached hydrogens (tertiary/aromatic N) is 3. The number of carboxylic acid groups (broad SMARTS) is 1. The number of hydrogen-bond acceptors (Lipinski definition) is 5. The van der Waals surface area contributed by atoms with Crippen LogP contribution in [-0.4, -0.2) is 65.2 Å². The first-order valence-electron chi connectivity index (χ1n) is 6.45. The van der Waals surface area contributed by atoms with Gasteiger partial charge in [0, 0.05) is 45.2 Å². The molecule has 1 fully saturated rings. The molecule has 1 unspecified atom stereocenters. The zero-order valence-corrected chi connectivity index (χ0v) is 11.9. The van der Waals surface area contributed by atoms with Crippen molar-refractivity contribution in [1.82, 2.24) is 9.80 Å². The van der Waals surface area contributed by atoms with Crippen molar-refractivity contribution in [2.75, 3.05) is 27.2 Å². The van der Waals surface area contributed by atoms with Crippen LogP contribution in [0.5, 0.6) is 0 Å². The van der Waals surface area contributed by atoms with E-state index < -0.39 is 12.2 Å². The predicted molar refractivity (Wildman–Crippen MR) is 77.4 cm³/mol. The Labute approximate surface area is 118 Å². The van der Waals surface area contributed by atoms with E-state index in [0.717, 1.165) is 23.6 Å². The minimum absolute atomic E-state index is 0.276. The third-order valence-electron chi connectivity index (χ3n) is 2.94. The molecular weight excluding hydrogens is 260 g/mol. The molecule has 0 aliphatic carbocycles. The molecule has 0 aromatic carbocycles. The second-order valence-electron chi connectivity index (χ2n) is 4.82. The molecule has 2 heterocycles. The van der Waals surface area contributed by atoms with Gasteiger partial charge in [-0.3, -0.25) is 0 Å². The molecule has 1 amide bonds. The molecule has 7 heteroatoms. The zero-order valence-electron chi connectivity index (χ0n) is 11.9. The summed E-state index contributed by atoms with van der Waals surface area (Å²) < 4.78 is 0. The van der Waals surface area contributed by atoms with Gasteiger partial charge in [-0.25, -0.2) is 9.79 Å². The zero-order chi connectivity index (χ0) is 15.1. The number of aliphatic hydroxyl groups excluding tert-OH is 1. The Morgan fingerprint density at radius 3 is 2.55 bits per heavy atom. The predicted octanol–water partition coefficient (Wildman–Crippen LogP) is 0.438. The molecule has 112 valence electrons. The standard InChI is InChI=1S/C10H15N3O.C3H7NO2/c11-10-9(14)8(3-4-12-10)7-13-5-1-2-6-13;1-4(2)3(5)6/h3-4,7,9,14H,1-2,5-6H2,(H2,11,12);1-2H3,(H,5,6). The van der Waals surface area contributed by atoms with Gasteiger partial charge in [0.1, 0.15) is 11.9 Å². The van der Waals surface area contributed by atoms with Gasteiger partial charge in [-0.2, -0.15) is 0 Å². The van der Waals surface area contributed by atoms with E-state index >= 15 is 0 Å². The van der Waals surface area contributed by atoms with Crippen LogP contribution in [0.3, 0.4) is 0 Å². The first kappa shape index (κ1) is 16.0. The summed E-state index contributed by atoms with van der Waals surface area (Å²) in [6, 6.07) is 0. The molecule has 0 spiro atoms. The Hall–Kier alpha value is -2.02. The molecule has 1 saturated heterocycles. The fourth-order valence-corrected chi connectivity index (χ4v) is 1.74. The number of nitrogens with two attached hydrogens (primary N) is 1. The van der Waals surface area contributed by atoms with Gasteiger partial charge in [0.2, 0.25) is 0 Å². The SMILES string of the molecule is CN(C)C(=O)O.NC1=NC=CC(=CN2CCCC2)C1O. The molecular formula is C13H22N4O3. The van der Waals surface area contributed by atoms with Gasteiger partial charge in [0.15, 0.2) is 0 Å². The molecule has 0 radical (unpaired) electrons. The van der Waals surface area contributed by atoms with Gasteiger partial charge in [-0.05, 0) is 18.9 Å². The van der Waals surface area contributed by atoms with Crippen LogP contribution >= 0.6 is 0 Å². The van der Waals surface area contributed by atoms with Gasteiger partial charge >= 0.3 is 6.09 Å². The average Bonchev–Trinajstić information content (AvgIpc) is 2.88. The summed E-state index contributed by atoms with van der Waals surface area (Å²) in [4.78, 5) is 16.8. The fourth-order valence-electron chi connectivity index (χ4n) is 1.74. The molecule has 7 nitrogen and oxygen atoms in total. The highest BCUT2D eigenvalue weighted by Crippen LogP contribution is 2.15. The minimum atomic E-state index is -0.907.